The summed E-state index contributed by atoms with van der Waals surface area (Å²) in [5.41, 5.74) is -0.660. The largest absolute Gasteiger partial charge is 0.508 e. The van der Waals surface area contributed by atoms with Gasteiger partial charge in [0.2, 0.25) is 0 Å². The smallest absolute Gasteiger partial charge is 0.319 e. The summed E-state index contributed by atoms with van der Waals surface area (Å²) in [5.74, 6) is -0.970. The van der Waals surface area contributed by atoms with Crippen LogP contribution in [0.25, 0.3) is 32.8 Å². The Morgan fingerprint density at radius 1 is 1.02 bits per heavy atom. The van der Waals surface area contributed by atoms with Gasteiger partial charge in [0.15, 0.2) is 5.82 Å². The monoisotopic (exact) mass is 671 g/mol. The lowest BCUT2D eigenvalue weighted by Gasteiger charge is -2.35. The maximum Gasteiger partial charge on any atom is 0.319 e. The summed E-state index contributed by atoms with van der Waals surface area (Å²) < 4.78 is 66.5. The normalized spacial score (nSPS) is 26.7. The van der Waals surface area contributed by atoms with E-state index >= 15 is 4.39 Å². The molecule has 0 radical (unpaired) electrons. The first-order valence-corrected chi connectivity index (χ1v) is 17.2. The third-order valence-corrected chi connectivity index (χ3v) is 11.7. The van der Waals surface area contributed by atoms with Crippen LogP contribution in [0.2, 0.25) is 0 Å². The van der Waals surface area contributed by atoms with Gasteiger partial charge in [-0.15, -0.1) is 6.42 Å². The number of aromatic hydroxyl groups is 1. The van der Waals surface area contributed by atoms with Crippen LogP contribution in [0, 0.1) is 34.8 Å². The average Bonchev–Trinajstić information content (AvgIpc) is 3.91. The van der Waals surface area contributed by atoms with Crippen molar-refractivity contribution in [2.45, 2.75) is 63.0 Å². The van der Waals surface area contributed by atoms with Crippen molar-refractivity contribution in [3.05, 3.63) is 53.6 Å². The van der Waals surface area contributed by atoms with Crippen LogP contribution < -0.4 is 15.0 Å². The average molecular weight is 672 g/mol. The number of hydrogen-bond donors (Lipinski definition) is 2. The van der Waals surface area contributed by atoms with Gasteiger partial charge < -0.3 is 25.0 Å². The molecule has 3 unspecified atom stereocenters. The molecule has 49 heavy (non-hydrogen) atoms. The van der Waals surface area contributed by atoms with Gasteiger partial charge in [0.1, 0.15) is 22.9 Å². The fraction of sp³-hybridized carbons (Fsp3) is 0.474. The number of piperazine rings is 1. The van der Waals surface area contributed by atoms with Crippen molar-refractivity contribution in [1.29, 1.82) is 0 Å². The first-order chi connectivity index (χ1) is 23.6. The molecular weight excluding hydrogens is 634 g/mol. The van der Waals surface area contributed by atoms with Crippen LogP contribution in [0.1, 0.15) is 50.5 Å². The molecule has 3 saturated heterocycles. The predicted octanol–water partition coefficient (Wildman–Crippen LogP) is 6.64. The van der Waals surface area contributed by atoms with Gasteiger partial charge in [-0.3, -0.25) is 0 Å². The molecule has 254 valence electrons. The summed E-state index contributed by atoms with van der Waals surface area (Å²) in [4.78, 5) is 13.8. The number of nitrogens with one attached hydrogen (secondary N) is 1. The van der Waals surface area contributed by atoms with Crippen molar-refractivity contribution >= 4 is 27.5 Å². The summed E-state index contributed by atoms with van der Waals surface area (Å²) in [6, 6.07) is 9.62. The van der Waals surface area contributed by atoms with E-state index in [0.717, 1.165) is 38.6 Å². The van der Waals surface area contributed by atoms with Gasteiger partial charge in [-0.25, -0.2) is 17.6 Å². The summed E-state index contributed by atoms with van der Waals surface area (Å²) in [7, 11) is 0. The van der Waals surface area contributed by atoms with Crippen molar-refractivity contribution in [3.63, 3.8) is 0 Å². The molecule has 7 nitrogen and oxygen atoms in total. The van der Waals surface area contributed by atoms with Crippen molar-refractivity contribution in [3.8, 4) is 35.2 Å². The Balaban J connectivity index is 1.09. The van der Waals surface area contributed by atoms with E-state index in [1.807, 2.05) is 0 Å². The highest BCUT2D eigenvalue weighted by Crippen LogP contribution is 2.65. The van der Waals surface area contributed by atoms with Gasteiger partial charge in [0, 0.05) is 66.4 Å². The van der Waals surface area contributed by atoms with Gasteiger partial charge >= 0.3 is 6.01 Å². The minimum Gasteiger partial charge on any atom is -0.508 e. The van der Waals surface area contributed by atoms with Crippen LogP contribution in [0.15, 0.2) is 36.4 Å². The van der Waals surface area contributed by atoms with E-state index < -0.39 is 23.0 Å². The predicted molar refractivity (Wildman–Crippen MR) is 179 cm³/mol. The molecule has 2 N–H and O–H groups in total. The lowest BCUT2D eigenvalue weighted by Crippen LogP contribution is -2.51. The van der Waals surface area contributed by atoms with E-state index in [1.165, 1.54) is 24.3 Å². The van der Waals surface area contributed by atoms with E-state index in [2.05, 4.69) is 26.0 Å². The molecule has 5 aliphatic rings. The number of terminal acetylenes is 1. The number of ether oxygens (including phenoxy) is 1. The number of aromatic nitrogens is 2. The molecule has 2 saturated carbocycles. The number of phenols is 1. The molecule has 0 amide bonds. The van der Waals surface area contributed by atoms with Gasteiger partial charge in [0.25, 0.3) is 5.92 Å². The van der Waals surface area contributed by atoms with Crippen LogP contribution in [-0.4, -0.2) is 77.3 Å². The Bertz CT molecular complexity index is 2050. The molecule has 5 fully saturated rings. The van der Waals surface area contributed by atoms with E-state index in [4.69, 9.17) is 16.1 Å². The standard InChI is InChI=1S/C38H37F4N5O2/c1-2-26-30(39)9-4-22-14-25(48)15-29(31(22)26)27-7-8-28-33(32(27)40)44-35(45-34(28)47-16-23-5-6-24(17-47)43-23)49-21-36(11-12-36)19-46-13-3-10-37(20-46)18-38(37,41)42/h1,4,7-9,14-15,23-24,43,48H,3,5-6,10-13,16-21H2. The zero-order valence-corrected chi connectivity index (χ0v) is 27.0. The first kappa shape index (κ1) is 30.9. The summed E-state index contributed by atoms with van der Waals surface area (Å²) in [6.07, 6.45) is 11.0. The van der Waals surface area contributed by atoms with Crippen LogP contribution in [-0.2, 0) is 0 Å². The molecule has 3 aliphatic heterocycles. The van der Waals surface area contributed by atoms with E-state index in [-0.39, 0.29) is 45.8 Å². The first-order valence-electron chi connectivity index (χ1n) is 17.2. The Hall–Kier alpha value is -4.14. The Morgan fingerprint density at radius 2 is 1.80 bits per heavy atom. The zero-order valence-electron chi connectivity index (χ0n) is 27.0. The van der Waals surface area contributed by atoms with Crippen molar-refractivity contribution in [2.75, 3.05) is 44.2 Å². The number of phenolic OH excluding ortho intramolecular Hbond substituents is 1. The minimum absolute atomic E-state index is 0.0181. The number of alkyl halides is 2. The fourth-order valence-corrected chi connectivity index (χ4v) is 8.79. The number of halogens is 4. The number of fused-ring (bicyclic) bond motifs is 4. The molecule has 2 bridgehead atoms. The SMILES string of the molecule is C#Cc1c(F)ccc2cc(O)cc(-c3ccc4c(N5CC6CCC(C5)N6)nc(OCC5(CN6CCCC7(C6)CC7(F)F)CC5)nc4c3F)c12. The van der Waals surface area contributed by atoms with Crippen molar-refractivity contribution in [1.82, 2.24) is 20.2 Å². The van der Waals surface area contributed by atoms with Gasteiger partial charge in [-0.2, -0.15) is 9.97 Å². The third-order valence-electron chi connectivity index (χ3n) is 11.7. The van der Waals surface area contributed by atoms with Crippen molar-refractivity contribution < 1.29 is 27.4 Å². The molecule has 1 spiro atoms. The van der Waals surface area contributed by atoms with Crippen LogP contribution in [0.5, 0.6) is 11.8 Å². The highest BCUT2D eigenvalue weighted by Gasteiger charge is 2.71. The lowest BCUT2D eigenvalue weighted by atomic mass is 9.93. The molecule has 4 aromatic rings. The lowest BCUT2D eigenvalue weighted by molar-refractivity contribution is 0.0167. The van der Waals surface area contributed by atoms with E-state index in [0.29, 0.717) is 73.3 Å². The summed E-state index contributed by atoms with van der Waals surface area (Å²) >= 11 is 0. The topological polar surface area (TPSA) is 73.8 Å². The van der Waals surface area contributed by atoms with Gasteiger partial charge in [-0.05, 0) is 80.3 Å². The number of benzene rings is 3. The van der Waals surface area contributed by atoms with Crippen LogP contribution >= 0.6 is 0 Å². The second-order valence-electron chi connectivity index (χ2n) is 15.1. The highest BCUT2D eigenvalue weighted by molar-refractivity contribution is 6.04. The second kappa shape index (κ2) is 10.9. The van der Waals surface area contributed by atoms with Gasteiger partial charge in [0.05, 0.1) is 17.6 Å². The zero-order chi connectivity index (χ0) is 33.7. The maximum absolute atomic E-state index is 16.9. The molecule has 9 rings (SSSR count). The van der Waals surface area contributed by atoms with E-state index in [1.54, 1.807) is 12.1 Å². The number of piperidine rings is 1. The molecule has 3 aromatic carbocycles. The van der Waals surface area contributed by atoms with Crippen LogP contribution in [0.4, 0.5) is 23.4 Å². The van der Waals surface area contributed by atoms with Gasteiger partial charge in [-0.1, -0.05) is 18.1 Å². The number of nitrogens with zero attached hydrogens (tertiary/aromatic N) is 4. The highest BCUT2D eigenvalue weighted by atomic mass is 19.3. The van der Waals surface area contributed by atoms with Crippen molar-refractivity contribution in [2.24, 2.45) is 10.8 Å². The molecule has 2 aliphatic carbocycles. The molecule has 11 heteroatoms. The molecule has 4 heterocycles. The van der Waals surface area contributed by atoms with E-state index in [9.17, 15) is 18.3 Å². The van der Waals surface area contributed by atoms with Crippen LogP contribution in [0.3, 0.4) is 0 Å². The Labute approximate surface area is 281 Å². The summed E-state index contributed by atoms with van der Waals surface area (Å²) in [5, 5.41) is 15.5. The third kappa shape index (κ3) is 5.18. The Morgan fingerprint density at radius 3 is 2.51 bits per heavy atom. The molecular formula is C38H37F4N5O2. The number of likely N-dealkylation sites (tertiary alicyclic amines) is 1. The number of rotatable bonds is 7. The number of anilines is 1. The maximum atomic E-state index is 16.9. The quantitative estimate of drug-likeness (QED) is 0.169. The molecule has 3 atom stereocenters. The minimum atomic E-state index is -2.57. The summed E-state index contributed by atoms with van der Waals surface area (Å²) in [6.45, 7) is 3.59. The fourth-order valence-electron chi connectivity index (χ4n) is 8.79. The molecule has 1 aromatic heterocycles. The second-order valence-corrected chi connectivity index (χ2v) is 15.1. The Kier molecular flexibility index (Phi) is 6.89. The number of hydrogen-bond acceptors (Lipinski definition) is 7.